The van der Waals surface area contributed by atoms with Gasteiger partial charge in [-0.2, -0.15) is 4.31 Å². The molecule has 0 saturated carbocycles. The summed E-state index contributed by atoms with van der Waals surface area (Å²) in [5.74, 6) is -0.404. The van der Waals surface area contributed by atoms with Gasteiger partial charge in [0, 0.05) is 24.2 Å². The van der Waals surface area contributed by atoms with Gasteiger partial charge in [0.05, 0.1) is 19.3 Å². The minimum absolute atomic E-state index is 0.0427. The number of carbonyl (C=O) groups excluding carboxylic acids is 2. The minimum atomic E-state index is -3.91. The lowest BCUT2D eigenvalue weighted by Crippen LogP contribution is -2.54. The predicted molar refractivity (Wildman–Crippen MR) is 148 cm³/mol. The fourth-order valence-electron chi connectivity index (χ4n) is 4.81. The van der Waals surface area contributed by atoms with Crippen LogP contribution in [0.3, 0.4) is 0 Å². The summed E-state index contributed by atoms with van der Waals surface area (Å²) in [5.41, 5.74) is 1.00. The molecule has 0 aliphatic carbocycles. The van der Waals surface area contributed by atoms with E-state index >= 15 is 0 Å². The first-order valence-electron chi connectivity index (χ1n) is 13.3. The van der Waals surface area contributed by atoms with Crippen LogP contribution in [0.15, 0.2) is 51.9 Å². The molecule has 0 radical (unpaired) electrons. The van der Waals surface area contributed by atoms with Crippen LogP contribution in [-0.2, 0) is 14.8 Å². The zero-order chi connectivity index (χ0) is 29.0. The summed E-state index contributed by atoms with van der Waals surface area (Å²) in [4.78, 5) is 30.6. The van der Waals surface area contributed by atoms with Crippen molar-refractivity contribution in [1.29, 1.82) is 0 Å². The van der Waals surface area contributed by atoms with Crippen molar-refractivity contribution < 1.29 is 32.3 Å². The van der Waals surface area contributed by atoms with Gasteiger partial charge in [-0.05, 0) is 56.4 Å². The number of amides is 2. The normalized spacial score (nSPS) is 19.2. The van der Waals surface area contributed by atoms with E-state index in [0.717, 1.165) is 0 Å². The molecule has 216 valence electrons. The van der Waals surface area contributed by atoms with Crippen molar-refractivity contribution in [3.8, 4) is 5.75 Å². The Morgan fingerprint density at radius 2 is 1.98 bits per heavy atom. The van der Waals surface area contributed by atoms with Crippen LogP contribution in [0.5, 0.6) is 5.75 Å². The van der Waals surface area contributed by atoms with Gasteiger partial charge in [-0.1, -0.05) is 32.0 Å². The van der Waals surface area contributed by atoms with Crippen LogP contribution in [0.1, 0.15) is 49.4 Å². The zero-order valence-corrected chi connectivity index (χ0v) is 23.9. The fraction of sp³-hybridized carbons (Fsp3) is 0.464. The van der Waals surface area contributed by atoms with Crippen LogP contribution in [0.25, 0.3) is 11.0 Å². The average Bonchev–Trinajstić information content (AvgIpc) is 3.27. The van der Waals surface area contributed by atoms with Gasteiger partial charge in [-0.3, -0.25) is 9.59 Å². The van der Waals surface area contributed by atoms with Crippen LogP contribution in [0.2, 0.25) is 0 Å². The quantitative estimate of drug-likeness (QED) is 0.354. The van der Waals surface area contributed by atoms with Gasteiger partial charge in [0.1, 0.15) is 6.04 Å². The Morgan fingerprint density at radius 1 is 1.23 bits per heavy atom. The third-order valence-corrected chi connectivity index (χ3v) is 8.62. The number of furan rings is 1. The van der Waals surface area contributed by atoms with Crippen LogP contribution < -0.4 is 15.4 Å². The SMILES string of the molecule is COc1cccc2cc(C(=O)N[C@@H](CC(C)C)C(=O)NC3CCCN(S(=O)(=O)c4cccc(C)n4)CC3O)oc12. The Hall–Kier alpha value is -3.48. The number of para-hydroxylation sites is 1. The average molecular weight is 573 g/mol. The molecule has 2 amide bonds. The number of aromatic nitrogens is 1. The van der Waals surface area contributed by atoms with Crippen LogP contribution in [-0.4, -0.2) is 73.0 Å². The number of nitrogens with zero attached hydrogens (tertiary/aromatic N) is 2. The van der Waals surface area contributed by atoms with E-state index < -0.39 is 40.0 Å². The summed E-state index contributed by atoms with van der Waals surface area (Å²) >= 11 is 0. The van der Waals surface area contributed by atoms with Crippen LogP contribution in [0, 0.1) is 12.8 Å². The topological polar surface area (TPSA) is 151 Å². The van der Waals surface area contributed by atoms with Gasteiger partial charge < -0.3 is 24.9 Å². The van der Waals surface area contributed by atoms with E-state index in [1.54, 1.807) is 43.3 Å². The third kappa shape index (κ3) is 6.62. The predicted octanol–water partition coefficient (Wildman–Crippen LogP) is 2.62. The van der Waals surface area contributed by atoms with Crippen LogP contribution in [0.4, 0.5) is 0 Å². The highest BCUT2D eigenvalue weighted by molar-refractivity contribution is 7.89. The molecule has 40 heavy (non-hydrogen) atoms. The van der Waals surface area contributed by atoms with E-state index in [1.807, 2.05) is 13.8 Å². The summed E-state index contributed by atoms with van der Waals surface area (Å²) in [6, 6.07) is 10.1. The summed E-state index contributed by atoms with van der Waals surface area (Å²) in [6.45, 7) is 5.56. The summed E-state index contributed by atoms with van der Waals surface area (Å²) in [7, 11) is -2.40. The number of methoxy groups -OCH3 is 1. The number of sulfonamides is 1. The maximum Gasteiger partial charge on any atom is 0.287 e. The number of nitrogens with one attached hydrogen (secondary N) is 2. The molecule has 1 aromatic carbocycles. The highest BCUT2D eigenvalue weighted by Gasteiger charge is 2.35. The maximum absolute atomic E-state index is 13.4. The van der Waals surface area contributed by atoms with E-state index in [9.17, 15) is 23.1 Å². The van der Waals surface area contributed by atoms with E-state index in [-0.39, 0.29) is 29.8 Å². The number of hydrogen-bond donors (Lipinski definition) is 3. The lowest BCUT2D eigenvalue weighted by Gasteiger charge is -2.27. The molecule has 3 atom stereocenters. The van der Waals surface area contributed by atoms with Gasteiger partial charge >= 0.3 is 0 Å². The fourth-order valence-corrected chi connectivity index (χ4v) is 6.31. The number of fused-ring (bicyclic) bond motifs is 1. The second kappa shape index (κ2) is 12.4. The Balaban J connectivity index is 1.45. The molecule has 1 aliphatic heterocycles. The number of benzene rings is 1. The van der Waals surface area contributed by atoms with Gasteiger partial charge in [-0.25, -0.2) is 13.4 Å². The van der Waals surface area contributed by atoms with Crippen molar-refractivity contribution in [2.24, 2.45) is 5.92 Å². The standard InChI is InChI=1S/C28H36N4O7S/c1-17(2)14-21(31-28(35)24-15-19-9-6-11-23(38-4)26(19)39-24)27(34)30-20-10-7-13-32(16-22(20)33)40(36,37)25-12-5-8-18(3)29-25/h5-6,8-9,11-12,15,17,20-22,33H,7,10,13-14,16H2,1-4H3,(H,30,34)(H,31,35)/t20?,21-,22?/m0/s1. The lowest BCUT2D eigenvalue weighted by molar-refractivity contribution is -0.125. The Kier molecular flexibility index (Phi) is 9.12. The second-order valence-corrected chi connectivity index (χ2v) is 12.3. The van der Waals surface area contributed by atoms with Crippen molar-refractivity contribution in [3.63, 3.8) is 0 Å². The molecule has 0 bridgehead atoms. The van der Waals surface area contributed by atoms with E-state index in [4.69, 9.17) is 9.15 Å². The molecule has 1 saturated heterocycles. The first-order chi connectivity index (χ1) is 19.0. The molecule has 2 unspecified atom stereocenters. The number of ether oxygens (including phenoxy) is 1. The van der Waals surface area contributed by atoms with Crippen molar-refractivity contribution in [2.75, 3.05) is 20.2 Å². The molecule has 3 N–H and O–H groups in total. The number of aliphatic hydroxyl groups is 1. The molecule has 1 fully saturated rings. The molecule has 4 rings (SSSR count). The number of rotatable bonds is 9. The van der Waals surface area contributed by atoms with E-state index in [2.05, 4.69) is 15.6 Å². The van der Waals surface area contributed by atoms with Crippen molar-refractivity contribution in [3.05, 3.63) is 53.9 Å². The van der Waals surface area contributed by atoms with Crippen molar-refractivity contribution in [1.82, 2.24) is 19.9 Å². The monoisotopic (exact) mass is 572 g/mol. The number of hydrogen-bond acceptors (Lipinski definition) is 8. The molecular formula is C28H36N4O7S. The number of carbonyl (C=O) groups is 2. The molecule has 1 aliphatic rings. The second-order valence-electron chi connectivity index (χ2n) is 10.4. The summed E-state index contributed by atoms with van der Waals surface area (Å²) < 4.78 is 38.5. The van der Waals surface area contributed by atoms with E-state index in [1.165, 1.54) is 17.5 Å². The molecule has 12 heteroatoms. The number of aliphatic hydroxyl groups excluding tert-OH is 1. The van der Waals surface area contributed by atoms with Crippen molar-refractivity contribution >= 4 is 32.8 Å². The maximum atomic E-state index is 13.4. The minimum Gasteiger partial charge on any atom is -0.493 e. The highest BCUT2D eigenvalue weighted by Crippen LogP contribution is 2.28. The first-order valence-corrected chi connectivity index (χ1v) is 14.7. The number of aryl methyl sites for hydroxylation is 1. The Labute approximate surface area is 234 Å². The Morgan fingerprint density at radius 3 is 2.67 bits per heavy atom. The molecule has 11 nitrogen and oxygen atoms in total. The number of pyridine rings is 1. The Bertz CT molecular complexity index is 1470. The van der Waals surface area contributed by atoms with Gasteiger partial charge in [0.2, 0.25) is 5.91 Å². The summed E-state index contributed by atoms with van der Waals surface area (Å²) in [6.07, 6.45) is -0.00554. The third-order valence-electron chi connectivity index (χ3n) is 6.85. The molecule has 3 heterocycles. The largest absolute Gasteiger partial charge is 0.493 e. The van der Waals surface area contributed by atoms with E-state index in [0.29, 0.717) is 41.7 Å². The molecule has 0 spiro atoms. The molecular weight excluding hydrogens is 536 g/mol. The number of β-amino-alcohol motifs (C(OH)–C–C–N with tert-alkyl or cyclic N) is 1. The van der Waals surface area contributed by atoms with Crippen LogP contribution >= 0.6 is 0 Å². The smallest absolute Gasteiger partial charge is 0.287 e. The highest BCUT2D eigenvalue weighted by atomic mass is 32.2. The van der Waals surface area contributed by atoms with Gasteiger partial charge in [0.25, 0.3) is 15.9 Å². The first kappa shape index (κ1) is 29.5. The molecule has 3 aromatic rings. The van der Waals surface area contributed by atoms with Crippen molar-refractivity contribution in [2.45, 2.75) is 63.2 Å². The van der Waals surface area contributed by atoms with Gasteiger partial charge in [0.15, 0.2) is 22.1 Å². The molecule has 2 aromatic heterocycles. The summed E-state index contributed by atoms with van der Waals surface area (Å²) in [5, 5.41) is 17.1. The van der Waals surface area contributed by atoms with Gasteiger partial charge in [-0.15, -0.1) is 0 Å². The zero-order valence-electron chi connectivity index (χ0n) is 23.1. The lowest BCUT2D eigenvalue weighted by atomic mass is 10.0.